The summed E-state index contributed by atoms with van der Waals surface area (Å²) in [5, 5.41) is 11.9. The second kappa shape index (κ2) is 79.5. The van der Waals surface area contributed by atoms with Crippen molar-refractivity contribution in [3.63, 3.8) is 0 Å². The van der Waals surface area contributed by atoms with Crippen LogP contribution in [0.2, 0.25) is 0 Å². The average Bonchev–Trinajstić information content (AvgIpc) is 2.39. The van der Waals surface area contributed by atoms with Gasteiger partial charge in [0.05, 0.1) is 40.3 Å². The number of likely N-dealkylation sites (N-methyl/N-ethyl adjacent to an activating group) is 1. The molecule has 0 radical (unpaired) electrons. The molecule has 0 heterocycles. The van der Waals surface area contributed by atoms with Crippen LogP contribution in [0.5, 0.6) is 0 Å². The van der Waals surface area contributed by atoms with Crippen LogP contribution in [0.15, 0.2) is 24.3 Å². The summed E-state index contributed by atoms with van der Waals surface area (Å²) in [5.74, 6) is -2.24. The Hall–Kier alpha value is -2.23. The Kier molecular flexibility index (Phi) is 77.6. The number of carboxylic acid groups (broad SMARTS) is 1. The number of unbranched alkanes of at least 4 members (excludes halogenated alkanes) is 64. The van der Waals surface area contributed by atoms with Crippen molar-refractivity contribution in [3.05, 3.63) is 24.3 Å². The molecule has 0 fully saturated rings. The minimum absolute atomic E-state index is 0.152. The summed E-state index contributed by atoms with van der Waals surface area (Å²) in [6.07, 6.45) is 99.2. The molecule has 0 saturated heterocycles. The molecule has 574 valence electrons. The van der Waals surface area contributed by atoms with Crippen molar-refractivity contribution in [2.24, 2.45) is 0 Å². The van der Waals surface area contributed by atoms with Crippen molar-refractivity contribution in [1.29, 1.82) is 0 Å². The number of hydrogen-bond donors (Lipinski definition) is 0. The summed E-state index contributed by atoms with van der Waals surface area (Å²) >= 11 is 0. The normalized spacial score (nSPS) is 12.6. The molecule has 0 amide bonds. The topological polar surface area (TPSA) is 111 Å². The maximum Gasteiger partial charge on any atom is 0.306 e. The fourth-order valence-electron chi connectivity index (χ4n) is 13.6. The molecule has 0 bridgehead atoms. The zero-order valence-electron chi connectivity index (χ0n) is 66.0. The molecule has 0 N–H and O–H groups in total. The van der Waals surface area contributed by atoms with E-state index in [-0.39, 0.29) is 32.2 Å². The fourth-order valence-corrected chi connectivity index (χ4v) is 13.6. The van der Waals surface area contributed by atoms with Gasteiger partial charge in [-0.3, -0.25) is 9.59 Å². The van der Waals surface area contributed by atoms with Crippen LogP contribution in [0, 0.1) is 0 Å². The van der Waals surface area contributed by atoms with E-state index in [9.17, 15) is 19.5 Å². The quantitative estimate of drug-likeness (QED) is 0.0195. The Morgan fingerprint density at radius 2 is 0.557 bits per heavy atom. The van der Waals surface area contributed by atoms with Gasteiger partial charge in [-0.1, -0.05) is 430 Å². The molecule has 0 aliphatic carbocycles. The third-order valence-corrected chi connectivity index (χ3v) is 20.2. The van der Waals surface area contributed by atoms with E-state index in [1.807, 2.05) is 21.1 Å². The van der Waals surface area contributed by atoms with Crippen LogP contribution in [-0.4, -0.2) is 82.3 Å². The first-order chi connectivity index (χ1) is 47.6. The first-order valence-corrected chi connectivity index (χ1v) is 43.5. The van der Waals surface area contributed by atoms with E-state index in [0.717, 1.165) is 44.9 Å². The van der Waals surface area contributed by atoms with Crippen molar-refractivity contribution in [3.8, 4) is 0 Å². The molecule has 0 aromatic heterocycles. The summed E-state index contributed by atoms with van der Waals surface area (Å²) in [5.41, 5.74) is 0. The number of carboxylic acids is 1. The van der Waals surface area contributed by atoms with Gasteiger partial charge in [0.2, 0.25) is 0 Å². The molecule has 2 atom stereocenters. The van der Waals surface area contributed by atoms with Crippen molar-refractivity contribution in [2.45, 2.75) is 476 Å². The van der Waals surface area contributed by atoms with Crippen LogP contribution in [0.1, 0.15) is 463 Å². The lowest BCUT2D eigenvalue weighted by Crippen LogP contribution is -2.44. The highest BCUT2D eigenvalue weighted by molar-refractivity contribution is 5.70. The van der Waals surface area contributed by atoms with Gasteiger partial charge >= 0.3 is 11.9 Å². The minimum Gasteiger partial charge on any atom is -0.545 e. The Balaban J connectivity index is 3.89. The molecule has 0 rings (SSSR count). The molecule has 0 aromatic carbocycles. The molecule has 0 aliphatic rings. The smallest absolute Gasteiger partial charge is 0.306 e. The maximum atomic E-state index is 13.0. The van der Waals surface area contributed by atoms with Crippen molar-refractivity contribution in [2.75, 3.05) is 47.5 Å². The molecule has 9 nitrogen and oxygen atoms in total. The van der Waals surface area contributed by atoms with Gasteiger partial charge in [0, 0.05) is 12.8 Å². The first kappa shape index (κ1) is 94.8. The maximum absolute atomic E-state index is 13.0. The predicted molar refractivity (Wildman–Crippen MR) is 417 cm³/mol. The van der Waals surface area contributed by atoms with Gasteiger partial charge in [-0.25, -0.2) is 0 Å². The zero-order chi connectivity index (χ0) is 70.4. The van der Waals surface area contributed by atoms with E-state index >= 15 is 0 Å². The van der Waals surface area contributed by atoms with Crippen molar-refractivity contribution in [1.82, 2.24) is 0 Å². The third-order valence-electron chi connectivity index (χ3n) is 20.2. The third kappa shape index (κ3) is 80.9. The lowest BCUT2D eigenvalue weighted by Gasteiger charge is -2.26. The lowest BCUT2D eigenvalue weighted by atomic mass is 10.0. The van der Waals surface area contributed by atoms with E-state index in [4.69, 9.17) is 18.9 Å². The molecule has 97 heavy (non-hydrogen) atoms. The highest BCUT2D eigenvalue weighted by atomic mass is 16.7. The van der Waals surface area contributed by atoms with E-state index < -0.39 is 24.3 Å². The average molecular weight is 1370 g/mol. The summed E-state index contributed by atoms with van der Waals surface area (Å²) in [6, 6.07) is 0. The predicted octanol–water partition coefficient (Wildman–Crippen LogP) is 26.7. The number of carbonyl (C=O) groups excluding carboxylic acids is 3. The fraction of sp³-hybridized carbons (Fsp3) is 0.920. The largest absolute Gasteiger partial charge is 0.545 e. The first-order valence-electron chi connectivity index (χ1n) is 43.5. The van der Waals surface area contributed by atoms with Gasteiger partial charge in [-0.05, 0) is 44.9 Å². The van der Waals surface area contributed by atoms with Crippen LogP contribution in [0.4, 0.5) is 0 Å². The number of rotatable bonds is 83. The van der Waals surface area contributed by atoms with E-state index in [1.54, 1.807) is 0 Å². The Bertz CT molecular complexity index is 1640. The van der Waals surface area contributed by atoms with E-state index in [2.05, 4.69) is 38.2 Å². The van der Waals surface area contributed by atoms with Crippen LogP contribution in [-0.2, 0) is 33.3 Å². The Labute approximate surface area is 605 Å². The SMILES string of the molecule is CCCCCCC/C=C\C/C=C\CCCCCCCCCCCCCCCCCCCCCC(=O)OC(COC(=O)CCCCCCCCCCCCCCCCCCCCCCCCCCCCCCCCCCCCCCCCCCC)COC(OCC[N+](C)(C)C)C(=O)[O-]. The lowest BCUT2D eigenvalue weighted by molar-refractivity contribution is -0.870. The molecule has 0 spiro atoms. The number of esters is 2. The van der Waals surface area contributed by atoms with Crippen molar-refractivity contribution >= 4 is 17.9 Å². The number of allylic oxidation sites excluding steroid dienone is 4. The molecular formula is C88H169NO8. The van der Waals surface area contributed by atoms with Crippen LogP contribution < -0.4 is 5.11 Å². The summed E-state index contributed by atoms with van der Waals surface area (Å²) in [6.45, 7) is 4.83. The Morgan fingerprint density at radius 3 is 0.814 bits per heavy atom. The van der Waals surface area contributed by atoms with Gasteiger partial charge in [0.25, 0.3) is 0 Å². The minimum atomic E-state index is -1.62. The standard InChI is InChI=1S/C88H169NO8/c1-6-8-10-12-14-16-18-20-22-24-26-28-30-32-34-36-38-39-40-41-42-43-44-45-46-47-49-50-52-54-56-58-60-62-64-66-68-70-72-74-76-78-85(90)95-82-84(83-96-88(87(92)93)94-81-80-89(3,4)5)97-86(91)79-77-75-73-71-69-67-65-63-61-59-57-55-53-51-48-37-35-33-31-29-27-25-23-21-19-17-15-13-11-9-7-2/h19,21,25,27,84,88H,6-18,20,22-24,26,28-83H2,1-5H3/b21-19-,27-25-. The highest BCUT2D eigenvalue weighted by Crippen LogP contribution is 2.21. The molecule has 0 saturated carbocycles. The number of nitrogens with zero attached hydrogens (tertiary/aromatic N) is 1. The van der Waals surface area contributed by atoms with Gasteiger partial charge in [-0.15, -0.1) is 0 Å². The zero-order valence-corrected chi connectivity index (χ0v) is 66.0. The van der Waals surface area contributed by atoms with Crippen LogP contribution >= 0.6 is 0 Å². The second-order valence-electron chi connectivity index (χ2n) is 31.2. The second-order valence-corrected chi connectivity index (χ2v) is 31.2. The monoisotopic (exact) mass is 1370 g/mol. The summed E-state index contributed by atoms with van der Waals surface area (Å²) in [4.78, 5) is 37.6. The molecule has 0 aromatic rings. The van der Waals surface area contributed by atoms with E-state index in [1.165, 1.54) is 392 Å². The van der Waals surface area contributed by atoms with Gasteiger partial charge in [0.15, 0.2) is 12.4 Å². The molecule has 2 unspecified atom stereocenters. The summed E-state index contributed by atoms with van der Waals surface area (Å²) in [7, 11) is 5.96. The van der Waals surface area contributed by atoms with Gasteiger partial charge in [-0.2, -0.15) is 0 Å². The molecule has 0 aliphatic heterocycles. The van der Waals surface area contributed by atoms with Crippen LogP contribution in [0.25, 0.3) is 0 Å². The van der Waals surface area contributed by atoms with Gasteiger partial charge in [0.1, 0.15) is 13.2 Å². The number of carbonyl (C=O) groups is 3. The van der Waals surface area contributed by atoms with Gasteiger partial charge < -0.3 is 33.3 Å². The number of quaternary nitrogens is 1. The number of ether oxygens (including phenoxy) is 4. The number of aliphatic carboxylic acids is 1. The van der Waals surface area contributed by atoms with Crippen LogP contribution in [0.3, 0.4) is 0 Å². The van der Waals surface area contributed by atoms with Crippen molar-refractivity contribution < 1.29 is 42.9 Å². The van der Waals surface area contributed by atoms with E-state index in [0.29, 0.717) is 17.4 Å². The highest BCUT2D eigenvalue weighted by Gasteiger charge is 2.22. The molecule has 9 heteroatoms. The summed E-state index contributed by atoms with van der Waals surface area (Å²) < 4.78 is 22.9. The Morgan fingerprint density at radius 1 is 0.309 bits per heavy atom. The molecular weight excluding hydrogens is 1200 g/mol. The number of hydrogen-bond acceptors (Lipinski definition) is 8.